The minimum atomic E-state index is -2.95. The van der Waals surface area contributed by atoms with Crippen LogP contribution in [0.4, 0.5) is 0 Å². The smallest absolute Gasteiger partial charge is 0.338 e. The van der Waals surface area contributed by atoms with Crippen molar-refractivity contribution < 1.29 is 29.1 Å². The average molecular weight is 566 g/mol. The van der Waals surface area contributed by atoms with Crippen molar-refractivity contribution in [3.8, 4) is 0 Å². The molecule has 5 unspecified atom stereocenters. The summed E-state index contributed by atoms with van der Waals surface area (Å²) in [5, 5.41) is 10.7. The Morgan fingerprint density at radius 3 is 2.13 bits per heavy atom. The predicted octanol–water partition coefficient (Wildman–Crippen LogP) is 0.312. The molecule has 0 bridgehead atoms. The zero-order chi connectivity index (χ0) is 29.8. The van der Waals surface area contributed by atoms with Gasteiger partial charge in [-0.2, -0.15) is 11.8 Å². The molecule has 9 N–H and O–H groups in total. The molecule has 2 amide bonds. The number of carbonyl (C=O) groups excluding carboxylic acids is 4. The third kappa shape index (κ3) is 8.67. The summed E-state index contributed by atoms with van der Waals surface area (Å²) in [5.41, 5.74) is 21.9. The number of imide groups is 1. The second-order valence-corrected chi connectivity index (χ2v) is 11.0. The van der Waals surface area contributed by atoms with Crippen molar-refractivity contribution in [2.45, 2.75) is 69.6 Å². The number of benzene rings is 1. The van der Waals surface area contributed by atoms with Gasteiger partial charge in [0.1, 0.15) is 0 Å². The fourth-order valence-corrected chi connectivity index (χ4v) is 5.17. The van der Waals surface area contributed by atoms with Gasteiger partial charge in [-0.3, -0.25) is 24.1 Å². The van der Waals surface area contributed by atoms with Gasteiger partial charge in [0.15, 0.2) is 11.6 Å². The van der Waals surface area contributed by atoms with E-state index in [4.69, 9.17) is 22.9 Å². The summed E-state index contributed by atoms with van der Waals surface area (Å²) in [6.45, 7) is 3.63. The maximum absolute atomic E-state index is 14.0. The maximum atomic E-state index is 14.0. The van der Waals surface area contributed by atoms with Crippen molar-refractivity contribution in [2.75, 3.05) is 18.6 Å². The first-order chi connectivity index (χ1) is 18.4. The molecule has 12 heteroatoms. The van der Waals surface area contributed by atoms with Gasteiger partial charge >= 0.3 is 5.97 Å². The van der Waals surface area contributed by atoms with Crippen LogP contribution in [-0.4, -0.2) is 82.1 Å². The summed E-state index contributed by atoms with van der Waals surface area (Å²) in [6, 6.07) is 4.74. The number of rotatable bonds is 19. The topological polar surface area (TPSA) is 213 Å². The molecule has 5 atom stereocenters. The number of carboxylic acids is 1. The lowest BCUT2D eigenvalue weighted by molar-refractivity contribution is -0.174. The molecule has 218 valence electrons. The van der Waals surface area contributed by atoms with Crippen LogP contribution in [0.3, 0.4) is 0 Å². The average Bonchev–Trinajstić information content (AvgIpc) is 2.90. The summed E-state index contributed by atoms with van der Waals surface area (Å²) in [7, 11) is 0. The van der Waals surface area contributed by atoms with Crippen molar-refractivity contribution in [1.82, 2.24) is 4.90 Å². The van der Waals surface area contributed by atoms with Crippen LogP contribution >= 0.6 is 11.8 Å². The van der Waals surface area contributed by atoms with E-state index in [1.807, 2.05) is 6.26 Å². The molecule has 1 aromatic rings. The van der Waals surface area contributed by atoms with E-state index in [0.29, 0.717) is 11.3 Å². The van der Waals surface area contributed by atoms with Gasteiger partial charge in [0.25, 0.3) is 0 Å². The van der Waals surface area contributed by atoms with E-state index < -0.39 is 53.0 Å². The largest absolute Gasteiger partial charge is 0.479 e. The van der Waals surface area contributed by atoms with Crippen LogP contribution in [0.1, 0.15) is 45.1 Å². The first-order valence-electron chi connectivity index (χ1n) is 13.0. The van der Waals surface area contributed by atoms with E-state index in [2.05, 4.69) is 0 Å². The minimum Gasteiger partial charge on any atom is -0.479 e. The molecule has 0 saturated heterocycles. The molecular weight excluding hydrogens is 522 g/mol. The highest BCUT2D eigenvalue weighted by Gasteiger charge is 2.62. The first kappa shape index (κ1) is 34.4. The molecule has 0 aliphatic rings. The molecule has 0 saturated carbocycles. The second-order valence-electron chi connectivity index (χ2n) is 10.1. The zero-order valence-electron chi connectivity index (χ0n) is 23.0. The Morgan fingerprint density at radius 2 is 1.64 bits per heavy atom. The van der Waals surface area contributed by atoms with Gasteiger partial charge in [0.05, 0.1) is 24.0 Å². The molecule has 1 rings (SSSR count). The molecule has 11 nitrogen and oxygen atoms in total. The molecule has 0 spiro atoms. The van der Waals surface area contributed by atoms with Gasteiger partial charge in [-0.05, 0) is 62.1 Å². The molecule has 0 fully saturated rings. The van der Waals surface area contributed by atoms with E-state index >= 15 is 0 Å². The number of carboxylic acid groups (broad SMARTS) is 1. The summed E-state index contributed by atoms with van der Waals surface area (Å²) >= 11 is 1.44. The number of nitrogens with two attached hydrogens (primary N) is 4. The number of Topliss-reactive ketones (excluding diaryl/α,β-unsaturated/α-hetero) is 2. The number of ketones is 2. The van der Waals surface area contributed by atoms with E-state index in [1.165, 1.54) is 11.8 Å². The van der Waals surface area contributed by atoms with Crippen LogP contribution < -0.4 is 22.9 Å². The number of carbonyl (C=O) groups is 5. The Labute approximate surface area is 234 Å². The Kier molecular flexibility index (Phi) is 14.5. The quantitative estimate of drug-likeness (QED) is 0.114. The van der Waals surface area contributed by atoms with Gasteiger partial charge in [0.2, 0.25) is 17.9 Å². The first-order valence-corrected chi connectivity index (χ1v) is 14.4. The van der Waals surface area contributed by atoms with Crippen LogP contribution in [0.5, 0.6) is 0 Å². The van der Waals surface area contributed by atoms with E-state index in [9.17, 15) is 29.1 Å². The molecule has 0 aliphatic heterocycles. The van der Waals surface area contributed by atoms with Crippen LogP contribution in [0, 0.1) is 11.8 Å². The Hall–Kier alpha value is -2.64. The number of thioether (sulfide) groups is 1. The Morgan fingerprint density at radius 1 is 1.03 bits per heavy atom. The van der Waals surface area contributed by atoms with Gasteiger partial charge in [-0.1, -0.05) is 44.2 Å². The van der Waals surface area contributed by atoms with Gasteiger partial charge in [0, 0.05) is 0 Å². The number of amides is 2. The number of nitrogens with zero attached hydrogens (tertiary/aromatic N) is 1. The lowest BCUT2D eigenvalue weighted by Crippen LogP contribution is -2.72. The van der Waals surface area contributed by atoms with Gasteiger partial charge in [-0.25, -0.2) is 4.79 Å². The number of hydrogen-bond donors (Lipinski definition) is 5. The molecule has 1 aromatic carbocycles. The molecule has 0 aliphatic carbocycles. The third-order valence-corrected chi connectivity index (χ3v) is 7.29. The molecular formula is C27H43N5O6S. The van der Waals surface area contributed by atoms with Crippen molar-refractivity contribution in [3.05, 3.63) is 35.9 Å². The Bertz CT molecular complexity index is 979. The standard InChI is InChI=1S/C27H43N5O6S/c1-17(2)14-21(30)24(35)27(26(37)38,19(10-7-12-28)23(34)20(29)11-13-39-3)32(16-33)25(36)22(31)15-18-8-5-4-6-9-18/h4-6,8-9,16-17,19-22H,7,10-15,28-31H2,1-3H3,(H,37,38). The summed E-state index contributed by atoms with van der Waals surface area (Å²) in [6.07, 6.45) is 1.91. The van der Waals surface area contributed by atoms with Crippen molar-refractivity contribution in [3.63, 3.8) is 0 Å². The van der Waals surface area contributed by atoms with Gasteiger partial charge < -0.3 is 28.0 Å². The van der Waals surface area contributed by atoms with E-state index in [0.717, 1.165) is 0 Å². The highest BCUT2D eigenvalue weighted by Crippen LogP contribution is 2.34. The number of aliphatic carboxylic acids is 1. The fourth-order valence-electron chi connectivity index (χ4n) is 4.68. The molecule has 0 heterocycles. The SMILES string of the molecule is CSCCC(N)C(=O)C(CCCN)C(C(=O)O)(C(=O)C(N)CC(C)C)N(C=O)C(=O)C(N)Cc1ccccc1. The molecule has 0 radical (unpaired) electrons. The van der Waals surface area contributed by atoms with E-state index in [1.54, 1.807) is 44.2 Å². The Balaban J connectivity index is 3.83. The summed E-state index contributed by atoms with van der Waals surface area (Å²) < 4.78 is 0. The van der Waals surface area contributed by atoms with Crippen molar-refractivity contribution >= 4 is 41.6 Å². The zero-order valence-corrected chi connectivity index (χ0v) is 23.8. The third-order valence-electron chi connectivity index (χ3n) is 6.65. The van der Waals surface area contributed by atoms with Crippen LogP contribution in [0.25, 0.3) is 0 Å². The van der Waals surface area contributed by atoms with Gasteiger partial charge in [-0.15, -0.1) is 0 Å². The fraction of sp³-hybridized carbons (Fsp3) is 0.593. The normalized spacial score (nSPS) is 16.0. The summed E-state index contributed by atoms with van der Waals surface area (Å²) in [5.74, 6) is -6.19. The van der Waals surface area contributed by atoms with Crippen LogP contribution in [0.2, 0.25) is 0 Å². The van der Waals surface area contributed by atoms with Crippen molar-refractivity contribution in [1.29, 1.82) is 0 Å². The van der Waals surface area contributed by atoms with Crippen molar-refractivity contribution in [2.24, 2.45) is 34.8 Å². The lowest BCUT2D eigenvalue weighted by Gasteiger charge is -2.43. The van der Waals surface area contributed by atoms with Crippen LogP contribution in [0.15, 0.2) is 30.3 Å². The monoisotopic (exact) mass is 565 g/mol. The highest BCUT2D eigenvalue weighted by atomic mass is 32.2. The predicted molar refractivity (Wildman–Crippen MR) is 152 cm³/mol. The molecule has 39 heavy (non-hydrogen) atoms. The molecule has 0 aromatic heterocycles. The van der Waals surface area contributed by atoms with E-state index in [-0.39, 0.29) is 55.9 Å². The number of hydrogen-bond acceptors (Lipinski definition) is 10. The summed E-state index contributed by atoms with van der Waals surface area (Å²) in [4.78, 5) is 67.5. The lowest BCUT2D eigenvalue weighted by atomic mass is 9.69. The second kappa shape index (κ2) is 16.5. The highest BCUT2D eigenvalue weighted by molar-refractivity contribution is 7.98. The maximum Gasteiger partial charge on any atom is 0.338 e. The minimum absolute atomic E-state index is 0.0411. The van der Waals surface area contributed by atoms with Crippen LogP contribution in [-0.2, 0) is 30.4 Å².